The molecule has 2 heterocycles. The van der Waals surface area contributed by atoms with Crippen LogP contribution in [-0.4, -0.2) is 17.6 Å². The second kappa shape index (κ2) is 5.48. The Bertz CT molecular complexity index is 611. The van der Waals surface area contributed by atoms with E-state index in [0.717, 1.165) is 11.4 Å². The summed E-state index contributed by atoms with van der Waals surface area (Å²) < 4.78 is 12.9. The fraction of sp³-hybridized carbons (Fsp3) is 0.214. The second-order valence-electron chi connectivity index (χ2n) is 3.99. The molecular formula is C14H14BrNO3. The number of rotatable bonds is 4. The van der Waals surface area contributed by atoms with E-state index in [4.69, 9.17) is 9.15 Å². The second-order valence-corrected chi connectivity index (χ2v) is 4.78. The van der Waals surface area contributed by atoms with E-state index >= 15 is 0 Å². The maximum atomic E-state index is 11.9. The lowest BCUT2D eigenvalue weighted by Gasteiger charge is -2.07. The normalized spacial score (nSPS) is 10.5. The van der Waals surface area contributed by atoms with Crippen LogP contribution >= 0.6 is 15.9 Å². The first-order valence-electron chi connectivity index (χ1n) is 5.73. The monoisotopic (exact) mass is 323 g/mol. The number of carbonyl (C=O) groups is 1. The van der Waals surface area contributed by atoms with Crippen molar-refractivity contribution in [2.75, 3.05) is 7.11 Å². The molecule has 19 heavy (non-hydrogen) atoms. The topological polar surface area (TPSA) is 44.4 Å². The Labute approximate surface area is 119 Å². The first-order chi connectivity index (χ1) is 9.11. The van der Waals surface area contributed by atoms with Crippen molar-refractivity contribution < 1.29 is 13.9 Å². The van der Waals surface area contributed by atoms with Crippen LogP contribution in [0, 0.1) is 6.92 Å². The van der Waals surface area contributed by atoms with E-state index in [9.17, 15) is 4.79 Å². The van der Waals surface area contributed by atoms with Crippen molar-refractivity contribution in [3.8, 4) is 11.5 Å². The highest BCUT2D eigenvalue weighted by atomic mass is 79.9. The molecule has 0 aliphatic heterocycles. The van der Waals surface area contributed by atoms with Crippen LogP contribution in [0.5, 0.6) is 0 Å². The van der Waals surface area contributed by atoms with Crippen LogP contribution in [0.1, 0.15) is 16.1 Å². The van der Waals surface area contributed by atoms with E-state index in [1.807, 2.05) is 17.6 Å². The van der Waals surface area contributed by atoms with E-state index < -0.39 is 0 Å². The third-order valence-corrected chi connectivity index (χ3v) is 3.69. The Morgan fingerprint density at radius 1 is 1.63 bits per heavy atom. The van der Waals surface area contributed by atoms with Crippen molar-refractivity contribution in [2.24, 2.45) is 0 Å². The molecule has 4 nitrogen and oxygen atoms in total. The summed E-state index contributed by atoms with van der Waals surface area (Å²) >= 11 is 3.47. The molecule has 0 radical (unpaired) electrons. The van der Waals surface area contributed by atoms with Crippen molar-refractivity contribution in [1.29, 1.82) is 0 Å². The highest BCUT2D eigenvalue weighted by molar-refractivity contribution is 9.10. The SMILES string of the molecule is C=CCn1c(C)c(C(=O)OC)c(Br)c1-c1ccco1. The molecule has 2 aromatic heterocycles. The van der Waals surface area contributed by atoms with E-state index in [1.165, 1.54) is 7.11 Å². The Balaban J connectivity index is 2.71. The van der Waals surface area contributed by atoms with Gasteiger partial charge in [-0.3, -0.25) is 0 Å². The van der Waals surface area contributed by atoms with Crippen molar-refractivity contribution >= 4 is 21.9 Å². The molecule has 0 aliphatic carbocycles. The Morgan fingerprint density at radius 3 is 2.89 bits per heavy atom. The first kappa shape index (κ1) is 13.7. The lowest BCUT2D eigenvalue weighted by Crippen LogP contribution is -2.05. The number of esters is 1. The molecular weight excluding hydrogens is 310 g/mol. The zero-order valence-corrected chi connectivity index (χ0v) is 12.4. The van der Waals surface area contributed by atoms with Crippen LogP contribution < -0.4 is 0 Å². The number of ether oxygens (including phenoxy) is 1. The van der Waals surface area contributed by atoms with Crippen LogP contribution in [0.2, 0.25) is 0 Å². The number of hydrogen-bond acceptors (Lipinski definition) is 3. The molecule has 0 N–H and O–H groups in total. The van der Waals surface area contributed by atoms with Crippen molar-refractivity contribution in [3.05, 3.63) is 46.8 Å². The summed E-state index contributed by atoms with van der Waals surface area (Å²) in [6.07, 6.45) is 3.37. The van der Waals surface area contributed by atoms with Gasteiger partial charge < -0.3 is 13.7 Å². The molecule has 100 valence electrons. The number of methoxy groups -OCH3 is 1. The molecule has 0 bridgehead atoms. The van der Waals surface area contributed by atoms with Crippen molar-refractivity contribution in [3.63, 3.8) is 0 Å². The summed E-state index contributed by atoms with van der Waals surface area (Å²) in [5.41, 5.74) is 2.13. The molecule has 0 saturated heterocycles. The van der Waals surface area contributed by atoms with Gasteiger partial charge >= 0.3 is 5.97 Å². The number of carbonyl (C=O) groups excluding carboxylic acids is 1. The van der Waals surface area contributed by atoms with E-state index in [1.54, 1.807) is 18.4 Å². The first-order valence-corrected chi connectivity index (χ1v) is 6.52. The average molecular weight is 324 g/mol. The number of hydrogen-bond donors (Lipinski definition) is 0. The Morgan fingerprint density at radius 2 is 2.37 bits per heavy atom. The maximum Gasteiger partial charge on any atom is 0.340 e. The number of furan rings is 1. The predicted octanol–water partition coefficient (Wildman–Crippen LogP) is 3.79. The number of nitrogens with zero attached hydrogens (tertiary/aromatic N) is 1. The lowest BCUT2D eigenvalue weighted by atomic mass is 10.2. The average Bonchev–Trinajstić information content (AvgIpc) is 2.98. The smallest absolute Gasteiger partial charge is 0.340 e. The molecule has 0 aromatic carbocycles. The zero-order chi connectivity index (χ0) is 14.0. The summed E-state index contributed by atoms with van der Waals surface area (Å²) in [7, 11) is 1.37. The minimum atomic E-state index is -0.375. The number of allylic oxidation sites excluding steroid dienone is 1. The summed E-state index contributed by atoms with van der Waals surface area (Å²) in [5.74, 6) is 0.312. The third-order valence-electron chi connectivity index (χ3n) is 2.92. The molecule has 2 aromatic rings. The van der Waals surface area contributed by atoms with E-state index in [2.05, 4.69) is 22.5 Å². The Hall–Kier alpha value is -1.75. The molecule has 0 aliphatic rings. The highest BCUT2D eigenvalue weighted by Gasteiger charge is 2.25. The van der Waals surface area contributed by atoms with Gasteiger partial charge in [0.15, 0.2) is 5.76 Å². The van der Waals surface area contributed by atoms with E-state index in [0.29, 0.717) is 22.3 Å². The zero-order valence-electron chi connectivity index (χ0n) is 10.8. The van der Waals surface area contributed by atoms with Crippen molar-refractivity contribution in [1.82, 2.24) is 4.57 Å². The summed E-state index contributed by atoms with van der Waals surface area (Å²) in [6.45, 7) is 6.19. The van der Waals surface area contributed by atoms with Crippen LogP contribution in [0.4, 0.5) is 0 Å². The standard InChI is InChI=1S/C14H14BrNO3/c1-4-7-16-9(2)11(14(17)18-3)12(15)13(16)10-6-5-8-19-10/h4-6,8H,1,7H2,2-3H3. The summed E-state index contributed by atoms with van der Waals surface area (Å²) in [4.78, 5) is 11.9. The minimum absolute atomic E-state index is 0.375. The van der Waals surface area contributed by atoms with Gasteiger partial charge in [-0.05, 0) is 35.0 Å². The van der Waals surface area contributed by atoms with Gasteiger partial charge in [0, 0.05) is 12.2 Å². The molecule has 5 heteroatoms. The van der Waals surface area contributed by atoms with E-state index in [-0.39, 0.29) is 5.97 Å². The molecule has 0 saturated carbocycles. The minimum Gasteiger partial charge on any atom is -0.465 e. The van der Waals surface area contributed by atoms with Crippen LogP contribution in [-0.2, 0) is 11.3 Å². The molecule has 0 atom stereocenters. The van der Waals surface area contributed by atoms with Gasteiger partial charge in [0.1, 0.15) is 0 Å². The summed E-state index contributed by atoms with van der Waals surface area (Å²) in [5, 5.41) is 0. The number of aromatic nitrogens is 1. The lowest BCUT2D eigenvalue weighted by molar-refractivity contribution is 0.0599. The van der Waals surface area contributed by atoms with Crippen LogP contribution in [0.25, 0.3) is 11.5 Å². The largest absolute Gasteiger partial charge is 0.465 e. The van der Waals surface area contributed by atoms with Gasteiger partial charge in [0.2, 0.25) is 0 Å². The maximum absolute atomic E-state index is 11.9. The van der Waals surface area contributed by atoms with Gasteiger partial charge in [0.05, 0.1) is 29.1 Å². The fourth-order valence-electron chi connectivity index (χ4n) is 2.05. The molecule has 0 fully saturated rings. The van der Waals surface area contributed by atoms with Gasteiger partial charge in [0.25, 0.3) is 0 Å². The quantitative estimate of drug-likeness (QED) is 0.635. The van der Waals surface area contributed by atoms with Gasteiger partial charge in [-0.25, -0.2) is 4.79 Å². The fourth-order valence-corrected chi connectivity index (χ4v) is 2.91. The third kappa shape index (κ3) is 2.26. The molecule has 0 unspecified atom stereocenters. The van der Waals surface area contributed by atoms with Crippen molar-refractivity contribution in [2.45, 2.75) is 13.5 Å². The predicted molar refractivity (Wildman–Crippen MR) is 76.1 cm³/mol. The van der Waals surface area contributed by atoms with Gasteiger partial charge in [-0.15, -0.1) is 6.58 Å². The van der Waals surface area contributed by atoms with Gasteiger partial charge in [-0.1, -0.05) is 6.08 Å². The summed E-state index contributed by atoms with van der Waals surface area (Å²) in [6, 6.07) is 3.65. The Kier molecular flexibility index (Phi) is 3.95. The molecule has 2 rings (SSSR count). The number of halogens is 1. The molecule has 0 spiro atoms. The molecule has 0 amide bonds. The van der Waals surface area contributed by atoms with Crippen LogP contribution in [0.15, 0.2) is 39.9 Å². The highest BCUT2D eigenvalue weighted by Crippen LogP contribution is 2.36. The van der Waals surface area contributed by atoms with Crippen LogP contribution in [0.3, 0.4) is 0 Å². The van der Waals surface area contributed by atoms with Gasteiger partial charge in [-0.2, -0.15) is 0 Å².